The van der Waals surface area contributed by atoms with Crippen LogP contribution < -0.4 is 0 Å². The van der Waals surface area contributed by atoms with Gasteiger partial charge in [-0.05, 0) is 12.8 Å². The lowest BCUT2D eigenvalue weighted by Crippen LogP contribution is -2.34. The SMILES string of the molecule is O=C(O)[C@H]1CCCC[C@@H]1C(=O)OCCO. The second-order valence-electron chi connectivity index (χ2n) is 3.73. The Morgan fingerprint density at radius 1 is 1.20 bits per heavy atom. The van der Waals surface area contributed by atoms with Crippen LogP contribution in [0.3, 0.4) is 0 Å². The highest BCUT2D eigenvalue weighted by Crippen LogP contribution is 2.31. The van der Waals surface area contributed by atoms with Gasteiger partial charge in [0.05, 0.1) is 18.4 Å². The van der Waals surface area contributed by atoms with Gasteiger partial charge in [0.15, 0.2) is 0 Å². The van der Waals surface area contributed by atoms with Crippen LogP contribution in [0.1, 0.15) is 25.7 Å². The molecular formula is C10H16O5. The van der Waals surface area contributed by atoms with Gasteiger partial charge in [0.25, 0.3) is 0 Å². The number of aliphatic carboxylic acids is 1. The molecule has 5 nitrogen and oxygen atoms in total. The zero-order valence-corrected chi connectivity index (χ0v) is 8.52. The molecule has 0 bridgehead atoms. The minimum absolute atomic E-state index is 0.0539. The highest BCUT2D eigenvalue weighted by atomic mass is 16.5. The zero-order valence-electron chi connectivity index (χ0n) is 8.52. The molecule has 1 aliphatic carbocycles. The third-order valence-electron chi connectivity index (χ3n) is 2.72. The summed E-state index contributed by atoms with van der Waals surface area (Å²) in [7, 11) is 0. The number of rotatable bonds is 4. The van der Waals surface area contributed by atoms with Gasteiger partial charge in [-0.2, -0.15) is 0 Å². The molecule has 2 atom stereocenters. The molecule has 5 heteroatoms. The van der Waals surface area contributed by atoms with Gasteiger partial charge in [-0.15, -0.1) is 0 Å². The van der Waals surface area contributed by atoms with Crippen LogP contribution in [0, 0.1) is 11.8 Å². The van der Waals surface area contributed by atoms with E-state index < -0.39 is 23.8 Å². The molecule has 1 aliphatic rings. The normalized spacial score (nSPS) is 25.9. The Morgan fingerprint density at radius 2 is 1.80 bits per heavy atom. The Kier molecular flexibility index (Phi) is 4.55. The average Bonchev–Trinajstić information content (AvgIpc) is 2.25. The van der Waals surface area contributed by atoms with Crippen LogP contribution >= 0.6 is 0 Å². The van der Waals surface area contributed by atoms with E-state index in [0.717, 1.165) is 12.8 Å². The molecule has 0 aromatic heterocycles. The number of aliphatic hydroxyl groups is 1. The highest BCUT2D eigenvalue weighted by Gasteiger charge is 2.36. The molecule has 0 unspecified atom stereocenters. The third-order valence-corrected chi connectivity index (χ3v) is 2.72. The Labute approximate surface area is 88.0 Å². The van der Waals surface area contributed by atoms with Crippen molar-refractivity contribution in [1.82, 2.24) is 0 Å². The maximum absolute atomic E-state index is 11.5. The summed E-state index contributed by atoms with van der Waals surface area (Å²) < 4.78 is 4.76. The Hall–Kier alpha value is -1.10. The standard InChI is InChI=1S/C10H16O5/c11-5-6-15-10(14)8-4-2-1-3-7(8)9(12)13/h7-8,11H,1-6H2,(H,12,13)/t7-,8-/m0/s1. The van der Waals surface area contributed by atoms with Crippen molar-refractivity contribution in [2.75, 3.05) is 13.2 Å². The van der Waals surface area contributed by atoms with E-state index in [-0.39, 0.29) is 13.2 Å². The molecule has 0 aromatic rings. The first-order chi connectivity index (χ1) is 7.16. The maximum atomic E-state index is 11.5. The molecule has 2 N–H and O–H groups in total. The van der Waals surface area contributed by atoms with E-state index in [1.165, 1.54) is 0 Å². The molecule has 86 valence electrons. The predicted octanol–water partition coefficient (Wildman–Crippen LogP) is 0.413. The number of carboxylic acids is 1. The molecule has 0 heterocycles. The Morgan fingerprint density at radius 3 is 2.33 bits per heavy atom. The second kappa shape index (κ2) is 5.70. The van der Waals surface area contributed by atoms with Crippen molar-refractivity contribution in [1.29, 1.82) is 0 Å². The number of hydrogen-bond acceptors (Lipinski definition) is 4. The smallest absolute Gasteiger partial charge is 0.309 e. The van der Waals surface area contributed by atoms with Crippen molar-refractivity contribution < 1.29 is 24.5 Å². The van der Waals surface area contributed by atoms with E-state index in [1.807, 2.05) is 0 Å². The molecule has 0 radical (unpaired) electrons. The minimum atomic E-state index is -0.930. The molecule has 0 saturated heterocycles. The maximum Gasteiger partial charge on any atom is 0.309 e. The number of ether oxygens (including phenoxy) is 1. The first-order valence-corrected chi connectivity index (χ1v) is 5.17. The number of carbonyl (C=O) groups is 2. The van der Waals surface area contributed by atoms with E-state index in [4.69, 9.17) is 14.9 Å². The van der Waals surface area contributed by atoms with E-state index in [0.29, 0.717) is 12.8 Å². The van der Waals surface area contributed by atoms with Gasteiger partial charge in [-0.25, -0.2) is 0 Å². The summed E-state index contributed by atoms with van der Waals surface area (Å²) in [6, 6.07) is 0. The van der Waals surface area contributed by atoms with Gasteiger partial charge in [0.2, 0.25) is 0 Å². The first kappa shape index (κ1) is 12.0. The average molecular weight is 216 g/mol. The lowest BCUT2D eigenvalue weighted by Gasteiger charge is -2.26. The fourth-order valence-corrected chi connectivity index (χ4v) is 1.96. The highest BCUT2D eigenvalue weighted by molar-refractivity contribution is 5.81. The van der Waals surface area contributed by atoms with Gasteiger partial charge >= 0.3 is 11.9 Å². The summed E-state index contributed by atoms with van der Waals surface area (Å²) in [4.78, 5) is 22.4. The molecule has 0 aliphatic heterocycles. The topological polar surface area (TPSA) is 83.8 Å². The van der Waals surface area contributed by atoms with E-state index in [2.05, 4.69) is 0 Å². The van der Waals surface area contributed by atoms with Crippen molar-refractivity contribution in [2.24, 2.45) is 11.8 Å². The molecule has 0 aromatic carbocycles. The Bertz CT molecular complexity index is 238. The van der Waals surface area contributed by atoms with Crippen LogP contribution in [0.4, 0.5) is 0 Å². The molecule has 1 rings (SSSR count). The van der Waals surface area contributed by atoms with Crippen LogP contribution in [0.15, 0.2) is 0 Å². The van der Waals surface area contributed by atoms with Crippen molar-refractivity contribution in [3.63, 3.8) is 0 Å². The number of esters is 1. The van der Waals surface area contributed by atoms with E-state index in [9.17, 15) is 9.59 Å². The van der Waals surface area contributed by atoms with Crippen LogP contribution in [-0.4, -0.2) is 35.4 Å². The first-order valence-electron chi connectivity index (χ1n) is 5.17. The summed E-state index contributed by atoms with van der Waals surface area (Å²) in [5.41, 5.74) is 0. The van der Waals surface area contributed by atoms with Gasteiger partial charge < -0.3 is 14.9 Å². The molecule has 1 fully saturated rings. The predicted molar refractivity (Wildman–Crippen MR) is 51.1 cm³/mol. The van der Waals surface area contributed by atoms with E-state index >= 15 is 0 Å². The summed E-state index contributed by atoms with van der Waals surface area (Å²) in [5, 5.41) is 17.4. The quantitative estimate of drug-likeness (QED) is 0.665. The van der Waals surface area contributed by atoms with Gasteiger partial charge in [0, 0.05) is 0 Å². The van der Waals surface area contributed by atoms with Crippen molar-refractivity contribution in [3.8, 4) is 0 Å². The van der Waals surface area contributed by atoms with Crippen molar-refractivity contribution >= 4 is 11.9 Å². The zero-order chi connectivity index (χ0) is 11.3. The van der Waals surface area contributed by atoms with Gasteiger partial charge in [-0.1, -0.05) is 12.8 Å². The van der Waals surface area contributed by atoms with Crippen LogP contribution in [0.5, 0.6) is 0 Å². The van der Waals surface area contributed by atoms with Crippen LogP contribution in [-0.2, 0) is 14.3 Å². The van der Waals surface area contributed by atoms with Gasteiger partial charge in [-0.3, -0.25) is 9.59 Å². The minimum Gasteiger partial charge on any atom is -0.481 e. The lowest BCUT2D eigenvalue weighted by molar-refractivity contribution is -0.160. The molecule has 0 spiro atoms. The monoisotopic (exact) mass is 216 g/mol. The van der Waals surface area contributed by atoms with Crippen molar-refractivity contribution in [2.45, 2.75) is 25.7 Å². The summed E-state index contributed by atoms with van der Waals surface area (Å²) >= 11 is 0. The van der Waals surface area contributed by atoms with Crippen molar-refractivity contribution in [3.05, 3.63) is 0 Å². The fourth-order valence-electron chi connectivity index (χ4n) is 1.96. The van der Waals surface area contributed by atoms with Crippen LogP contribution in [0.25, 0.3) is 0 Å². The molecule has 15 heavy (non-hydrogen) atoms. The lowest BCUT2D eigenvalue weighted by atomic mass is 9.79. The summed E-state index contributed by atoms with van der Waals surface area (Å²) in [6.07, 6.45) is 2.82. The van der Waals surface area contributed by atoms with E-state index in [1.54, 1.807) is 0 Å². The summed E-state index contributed by atoms with van der Waals surface area (Å²) in [6.45, 7) is -0.280. The Balaban J connectivity index is 2.55. The fraction of sp³-hybridized carbons (Fsp3) is 0.800. The number of hydrogen-bond donors (Lipinski definition) is 2. The summed E-state index contributed by atoms with van der Waals surface area (Å²) in [5.74, 6) is -2.58. The number of aliphatic hydroxyl groups excluding tert-OH is 1. The molecule has 1 saturated carbocycles. The van der Waals surface area contributed by atoms with Gasteiger partial charge in [0.1, 0.15) is 6.61 Å². The number of carboxylic acid groups (broad SMARTS) is 1. The number of carbonyl (C=O) groups excluding carboxylic acids is 1. The largest absolute Gasteiger partial charge is 0.481 e. The molecule has 0 amide bonds. The third kappa shape index (κ3) is 3.20. The molecular weight excluding hydrogens is 200 g/mol. The van der Waals surface area contributed by atoms with Crippen LogP contribution in [0.2, 0.25) is 0 Å². The second-order valence-corrected chi connectivity index (χ2v) is 3.73.